The minimum atomic E-state index is -0.132. The number of benzene rings is 1. The number of nitrogens with zero attached hydrogens (tertiary/aromatic N) is 3. The number of carbonyl (C=O) groups is 2. The fourth-order valence-electron chi connectivity index (χ4n) is 3.50. The van der Waals surface area contributed by atoms with Crippen LogP contribution in [0, 0.1) is 0 Å². The minimum Gasteiger partial charge on any atom is -0.379 e. The zero-order chi connectivity index (χ0) is 20.0. The van der Waals surface area contributed by atoms with Gasteiger partial charge in [0.05, 0.1) is 25.5 Å². The van der Waals surface area contributed by atoms with Crippen LogP contribution >= 0.6 is 0 Å². The number of rotatable bonds is 7. The van der Waals surface area contributed by atoms with Gasteiger partial charge in [-0.05, 0) is 19.4 Å². The van der Waals surface area contributed by atoms with Gasteiger partial charge in [0.1, 0.15) is 0 Å². The third kappa shape index (κ3) is 5.39. The van der Waals surface area contributed by atoms with E-state index in [1.807, 2.05) is 30.3 Å². The Bertz CT molecular complexity index is 712. The van der Waals surface area contributed by atoms with E-state index in [9.17, 15) is 9.59 Å². The molecule has 152 valence electrons. The van der Waals surface area contributed by atoms with Gasteiger partial charge in [0, 0.05) is 44.4 Å². The van der Waals surface area contributed by atoms with E-state index in [2.05, 4.69) is 29.2 Å². The summed E-state index contributed by atoms with van der Waals surface area (Å²) in [5.74, 6) is -0.199. The molecule has 1 fully saturated rings. The molecule has 7 heteroatoms. The Kier molecular flexibility index (Phi) is 6.80. The van der Waals surface area contributed by atoms with Gasteiger partial charge in [-0.15, -0.1) is 0 Å². The van der Waals surface area contributed by atoms with Gasteiger partial charge in [0.15, 0.2) is 0 Å². The van der Waals surface area contributed by atoms with Crippen molar-refractivity contribution in [1.82, 2.24) is 15.2 Å². The van der Waals surface area contributed by atoms with E-state index in [-0.39, 0.29) is 30.2 Å². The normalized spacial score (nSPS) is 18.1. The number of ether oxygens (including phenoxy) is 1. The van der Waals surface area contributed by atoms with Gasteiger partial charge in [-0.1, -0.05) is 30.3 Å². The molecule has 1 saturated heterocycles. The molecule has 0 bridgehead atoms. The van der Waals surface area contributed by atoms with Crippen molar-refractivity contribution < 1.29 is 14.3 Å². The van der Waals surface area contributed by atoms with Crippen LogP contribution < -0.4 is 5.32 Å². The molecule has 28 heavy (non-hydrogen) atoms. The first-order chi connectivity index (χ1) is 13.5. The maximum Gasteiger partial charge on any atom is 0.243 e. The standard InChI is InChI=1S/C21H30N4O3/c1-21(2,24-12-14-28-15-13-24)16-22-19(26)8-9-20(27)25-11-10-18(23-25)17-6-4-3-5-7-17/h3-7H,8-16H2,1-2H3,(H,22,26). The average Bonchev–Trinajstić information content (AvgIpc) is 3.22. The van der Waals surface area contributed by atoms with Crippen molar-refractivity contribution in [2.45, 2.75) is 38.6 Å². The molecule has 1 N–H and O–H groups in total. The molecule has 0 spiro atoms. The molecule has 0 radical (unpaired) electrons. The molecule has 2 amide bonds. The molecular weight excluding hydrogens is 356 g/mol. The molecular formula is C21H30N4O3. The summed E-state index contributed by atoms with van der Waals surface area (Å²) < 4.78 is 5.39. The predicted molar refractivity (Wildman–Crippen MR) is 108 cm³/mol. The summed E-state index contributed by atoms with van der Waals surface area (Å²) in [5, 5.41) is 8.90. The smallest absolute Gasteiger partial charge is 0.243 e. The molecule has 7 nitrogen and oxygen atoms in total. The number of amides is 2. The first-order valence-corrected chi connectivity index (χ1v) is 9.98. The van der Waals surface area contributed by atoms with Crippen LogP contribution in [0.3, 0.4) is 0 Å². The van der Waals surface area contributed by atoms with Gasteiger partial charge in [-0.2, -0.15) is 5.10 Å². The number of hydrogen-bond donors (Lipinski definition) is 1. The van der Waals surface area contributed by atoms with E-state index in [1.165, 1.54) is 5.01 Å². The summed E-state index contributed by atoms with van der Waals surface area (Å²) >= 11 is 0. The Hall–Kier alpha value is -2.25. The molecule has 0 saturated carbocycles. The van der Waals surface area contributed by atoms with Crippen LogP contribution in [0.4, 0.5) is 0 Å². The van der Waals surface area contributed by atoms with E-state index < -0.39 is 0 Å². The van der Waals surface area contributed by atoms with Gasteiger partial charge in [0.25, 0.3) is 0 Å². The van der Waals surface area contributed by atoms with Crippen molar-refractivity contribution >= 4 is 17.5 Å². The molecule has 2 aliphatic heterocycles. The van der Waals surface area contributed by atoms with Crippen LogP contribution in [0.5, 0.6) is 0 Å². The Morgan fingerprint density at radius 2 is 1.82 bits per heavy atom. The molecule has 1 aromatic carbocycles. The van der Waals surface area contributed by atoms with E-state index in [0.29, 0.717) is 13.1 Å². The zero-order valence-corrected chi connectivity index (χ0v) is 16.8. The van der Waals surface area contributed by atoms with Gasteiger partial charge in [-0.3, -0.25) is 14.5 Å². The van der Waals surface area contributed by atoms with E-state index in [0.717, 1.165) is 44.0 Å². The molecule has 0 aromatic heterocycles. The summed E-state index contributed by atoms with van der Waals surface area (Å²) in [4.78, 5) is 26.9. The van der Waals surface area contributed by atoms with Crippen LogP contribution in [0.2, 0.25) is 0 Å². The summed E-state index contributed by atoms with van der Waals surface area (Å²) in [5.41, 5.74) is 1.83. The highest BCUT2D eigenvalue weighted by Crippen LogP contribution is 2.16. The summed E-state index contributed by atoms with van der Waals surface area (Å²) in [6.07, 6.45) is 1.11. The second kappa shape index (κ2) is 9.30. The lowest BCUT2D eigenvalue weighted by Crippen LogP contribution is -2.55. The lowest BCUT2D eigenvalue weighted by Gasteiger charge is -2.40. The zero-order valence-electron chi connectivity index (χ0n) is 16.8. The Morgan fingerprint density at radius 3 is 2.54 bits per heavy atom. The molecule has 2 heterocycles. The van der Waals surface area contributed by atoms with E-state index >= 15 is 0 Å². The monoisotopic (exact) mass is 386 g/mol. The Labute approximate surface area is 166 Å². The lowest BCUT2D eigenvalue weighted by molar-refractivity contribution is -0.133. The van der Waals surface area contributed by atoms with E-state index in [1.54, 1.807) is 0 Å². The molecule has 0 aliphatic carbocycles. The van der Waals surface area contributed by atoms with Crippen LogP contribution in [-0.4, -0.2) is 72.4 Å². The maximum atomic E-state index is 12.4. The summed E-state index contributed by atoms with van der Waals surface area (Å²) in [7, 11) is 0. The SMILES string of the molecule is CC(C)(CNC(=O)CCC(=O)N1CCC(c2ccccc2)=N1)N1CCOCC1. The third-order valence-corrected chi connectivity index (χ3v) is 5.35. The average molecular weight is 386 g/mol. The fraction of sp³-hybridized carbons (Fsp3) is 0.571. The predicted octanol–water partition coefficient (Wildman–Crippen LogP) is 1.63. The van der Waals surface area contributed by atoms with Crippen molar-refractivity contribution in [2.24, 2.45) is 5.10 Å². The molecule has 0 atom stereocenters. The largest absolute Gasteiger partial charge is 0.379 e. The van der Waals surface area contributed by atoms with Crippen molar-refractivity contribution in [2.75, 3.05) is 39.4 Å². The molecule has 3 rings (SSSR count). The number of hydrazone groups is 1. The van der Waals surface area contributed by atoms with Crippen LogP contribution in [0.1, 0.15) is 38.7 Å². The number of morpholine rings is 1. The van der Waals surface area contributed by atoms with Crippen LogP contribution in [-0.2, 0) is 14.3 Å². The molecule has 2 aliphatic rings. The quantitative estimate of drug-likeness (QED) is 0.773. The van der Waals surface area contributed by atoms with Crippen molar-refractivity contribution in [3.63, 3.8) is 0 Å². The highest BCUT2D eigenvalue weighted by molar-refractivity contribution is 6.02. The first kappa shape index (κ1) is 20.5. The van der Waals surface area contributed by atoms with Crippen molar-refractivity contribution in [1.29, 1.82) is 0 Å². The highest BCUT2D eigenvalue weighted by Gasteiger charge is 2.29. The molecule has 0 unspecified atom stereocenters. The summed E-state index contributed by atoms with van der Waals surface area (Å²) in [6.45, 7) is 8.58. The minimum absolute atomic E-state index is 0.0962. The van der Waals surface area contributed by atoms with Gasteiger partial charge < -0.3 is 10.1 Å². The van der Waals surface area contributed by atoms with Crippen LogP contribution in [0.15, 0.2) is 35.4 Å². The third-order valence-electron chi connectivity index (χ3n) is 5.35. The Balaban J connectivity index is 1.42. The second-order valence-electron chi connectivity index (χ2n) is 7.87. The first-order valence-electron chi connectivity index (χ1n) is 9.98. The summed E-state index contributed by atoms with van der Waals surface area (Å²) in [6, 6.07) is 9.88. The van der Waals surface area contributed by atoms with Gasteiger partial charge >= 0.3 is 0 Å². The van der Waals surface area contributed by atoms with E-state index in [4.69, 9.17) is 4.74 Å². The van der Waals surface area contributed by atoms with Gasteiger partial charge in [0.2, 0.25) is 11.8 Å². The number of hydrogen-bond acceptors (Lipinski definition) is 5. The highest BCUT2D eigenvalue weighted by atomic mass is 16.5. The molecule has 1 aromatic rings. The van der Waals surface area contributed by atoms with Crippen LogP contribution in [0.25, 0.3) is 0 Å². The van der Waals surface area contributed by atoms with Gasteiger partial charge in [-0.25, -0.2) is 5.01 Å². The van der Waals surface area contributed by atoms with Crippen molar-refractivity contribution in [3.05, 3.63) is 35.9 Å². The number of nitrogens with one attached hydrogen (secondary N) is 1. The Morgan fingerprint density at radius 1 is 1.11 bits per heavy atom. The lowest BCUT2D eigenvalue weighted by atomic mass is 10.0. The van der Waals surface area contributed by atoms with Crippen molar-refractivity contribution in [3.8, 4) is 0 Å². The second-order valence-corrected chi connectivity index (χ2v) is 7.87. The maximum absolute atomic E-state index is 12.4. The number of carbonyl (C=O) groups excluding carboxylic acids is 2. The fourth-order valence-corrected chi connectivity index (χ4v) is 3.50. The topological polar surface area (TPSA) is 74.2 Å².